The van der Waals surface area contributed by atoms with Gasteiger partial charge in [-0.25, -0.2) is 18.3 Å². The molecule has 32 heavy (non-hydrogen) atoms. The smallest absolute Gasteiger partial charge is 0.267 e. The van der Waals surface area contributed by atoms with E-state index in [1.54, 1.807) is 36.0 Å². The summed E-state index contributed by atoms with van der Waals surface area (Å²) in [7, 11) is 0. The summed E-state index contributed by atoms with van der Waals surface area (Å²) in [6.45, 7) is 1.03. The van der Waals surface area contributed by atoms with E-state index in [2.05, 4.69) is 15.1 Å². The molecule has 4 N–H and O–H groups in total. The molecule has 3 aromatic rings. The molecule has 8 nitrogen and oxygen atoms in total. The standard InChI is InChI=1S/C22H23F2N7O/c1-14(21(32)30-6-5-22(23,24)13-30)27-10-17(9-25)16-8-20-28-12-19(31(20)29-11-16)15-3-2-4-18(26)7-15/h2-4,7-12,14H,5-6,13,25-26H2,1H3. The van der Waals surface area contributed by atoms with Crippen LogP contribution in [0, 0.1) is 0 Å². The van der Waals surface area contributed by atoms with Crippen LogP contribution in [0.3, 0.4) is 0 Å². The summed E-state index contributed by atoms with van der Waals surface area (Å²) in [6, 6.07) is 8.40. The van der Waals surface area contributed by atoms with Gasteiger partial charge in [0.15, 0.2) is 5.65 Å². The van der Waals surface area contributed by atoms with Crippen molar-refractivity contribution >= 4 is 29.0 Å². The van der Waals surface area contributed by atoms with Gasteiger partial charge in [-0.2, -0.15) is 5.10 Å². The van der Waals surface area contributed by atoms with Crippen molar-refractivity contribution in [3.05, 3.63) is 54.5 Å². The van der Waals surface area contributed by atoms with Crippen molar-refractivity contribution in [2.24, 2.45) is 10.7 Å². The lowest BCUT2D eigenvalue weighted by Crippen LogP contribution is -2.37. The number of nitrogens with zero attached hydrogens (tertiary/aromatic N) is 5. The molecule has 0 bridgehead atoms. The number of alkyl halides is 2. The Bertz CT molecular complexity index is 1220. The molecular weight excluding hydrogens is 416 g/mol. The zero-order chi connectivity index (χ0) is 22.9. The number of amides is 1. The number of nitrogen functional groups attached to an aromatic ring is 1. The van der Waals surface area contributed by atoms with Crippen molar-refractivity contribution in [1.29, 1.82) is 0 Å². The van der Waals surface area contributed by atoms with Crippen molar-refractivity contribution in [3.63, 3.8) is 0 Å². The molecule has 0 saturated carbocycles. The van der Waals surface area contributed by atoms with Crippen LogP contribution >= 0.6 is 0 Å². The van der Waals surface area contributed by atoms with Gasteiger partial charge >= 0.3 is 0 Å². The lowest BCUT2D eigenvalue weighted by atomic mass is 10.1. The third-order valence-corrected chi connectivity index (χ3v) is 5.33. The number of allylic oxidation sites excluding steroid dienone is 1. The Kier molecular flexibility index (Phi) is 5.60. The number of imidazole rings is 1. The fraction of sp³-hybridized carbons (Fsp3) is 0.273. The van der Waals surface area contributed by atoms with Crippen LogP contribution in [0.15, 0.2) is 53.9 Å². The number of carbonyl (C=O) groups is 1. The molecule has 10 heteroatoms. The number of benzene rings is 1. The number of anilines is 1. The first-order valence-corrected chi connectivity index (χ1v) is 10.1. The number of carbonyl (C=O) groups excluding carboxylic acids is 1. The third kappa shape index (κ3) is 4.29. The van der Waals surface area contributed by atoms with E-state index >= 15 is 0 Å². The first-order valence-electron chi connectivity index (χ1n) is 10.1. The lowest BCUT2D eigenvalue weighted by molar-refractivity contribution is -0.132. The second-order valence-corrected chi connectivity index (χ2v) is 7.73. The van der Waals surface area contributed by atoms with Gasteiger partial charge in [-0.3, -0.25) is 9.79 Å². The molecule has 1 atom stereocenters. The molecule has 1 aliphatic rings. The molecule has 1 amide bonds. The predicted molar refractivity (Wildman–Crippen MR) is 119 cm³/mol. The summed E-state index contributed by atoms with van der Waals surface area (Å²) in [5.74, 6) is -3.28. The third-order valence-electron chi connectivity index (χ3n) is 5.33. The highest BCUT2D eigenvalue weighted by molar-refractivity contribution is 6.10. The van der Waals surface area contributed by atoms with E-state index in [-0.39, 0.29) is 13.0 Å². The van der Waals surface area contributed by atoms with Crippen molar-refractivity contribution < 1.29 is 13.6 Å². The molecular formula is C22H23F2N7O. The number of aliphatic imine (C=N–C) groups is 1. The normalized spacial score (nSPS) is 17.3. The lowest BCUT2D eigenvalue weighted by Gasteiger charge is -2.18. The van der Waals surface area contributed by atoms with Crippen LogP contribution in [-0.4, -0.2) is 56.7 Å². The van der Waals surface area contributed by atoms with E-state index < -0.39 is 24.4 Å². The van der Waals surface area contributed by atoms with Crippen molar-refractivity contribution in [2.75, 3.05) is 18.8 Å². The Hall–Kier alpha value is -3.82. The monoisotopic (exact) mass is 439 g/mol. The van der Waals surface area contributed by atoms with E-state index in [1.807, 2.05) is 18.2 Å². The number of fused-ring (bicyclic) bond motifs is 1. The van der Waals surface area contributed by atoms with E-state index in [1.165, 1.54) is 12.4 Å². The van der Waals surface area contributed by atoms with Crippen molar-refractivity contribution in [3.8, 4) is 11.3 Å². The average Bonchev–Trinajstić information content (AvgIpc) is 3.36. The quantitative estimate of drug-likeness (QED) is 0.468. The summed E-state index contributed by atoms with van der Waals surface area (Å²) in [5, 5.41) is 4.45. The zero-order valence-electron chi connectivity index (χ0n) is 17.4. The highest BCUT2D eigenvalue weighted by Gasteiger charge is 2.41. The first kappa shape index (κ1) is 21.4. The molecule has 1 aromatic carbocycles. The summed E-state index contributed by atoms with van der Waals surface area (Å²) in [4.78, 5) is 22.2. The highest BCUT2D eigenvalue weighted by atomic mass is 19.3. The van der Waals surface area contributed by atoms with Crippen LogP contribution in [-0.2, 0) is 4.79 Å². The second-order valence-electron chi connectivity index (χ2n) is 7.73. The molecule has 0 radical (unpaired) electrons. The summed E-state index contributed by atoms with van der Waals surface area (Å²) < 4.78 is 28.5. The maximum Gasteiger partial charge on any atom is 0.267 e. The van der Waals surface area contributed by atoms with Gasteiger partial charge < -0.3 is 16.4 Å². The number of aromatic nitrogens is 3. The van der Waals surface area contributed by atoms with E-state index in [0.717, 1.165) is 16.2 Å². The number of nitrogens with two attached hydrogens (primary N) is 2. The second kappa shape index (κ2) is 8.37. The molecule has 1 saturated heterocycles. The van der Waals surface area contributed by atoms with Crippen LogP contribution in [0.4, 0.5) is 14.5 Å². The largest absolute Gasteiger partial charge is 0.404 e. The Morgan fingerprint density at radius 2 is 2.12 bits per heavy atom. The first-order chi connectivity index (χ1) is 15.3. The minimum Gasteiger partial charge on any atom is -0.404 e. The van der Waals surface area contributed by atoms with Crippen molar-refractivity contribution in [1.82, 2.24) is 19.5 Å². The van der Waals surface area contributed by atoms with Gasteiger partial charge in [0, 0.05) is 47.8 Å². The Balaban J connectivity index is 1.53. The van der Waals surface area contributed by atoms with E-state index in [9.17, 15) is 13.6 Å². The number of hydrogen-bond donors (Lipinski definition) is 2. The number of likely N-dealkylation sites (tertiary alicyclic amines) is 1. The molecule has 0 aliphatic carbocycles. The van der Waals surface area contributed by atoms with Gasteiger partial charge in [0.1, 0.15) is 6.04 Å². The van der Waals surface area contributed by atoms with Gasteiger partial charge in [0.2, 0.25) is 5.91 Å². The maximum absolute atomic E-state index is 13.4. The summed E-state index contributed by atoms with van der Waals surface area (Å²) >= 11 is 0. The van der Waals surface area contributed by atoms with Crippen LogP contribution in [0.2, 0.25) is 0 Å². The summed E-state index contributed by atoms with van der Waals surface area (Å²) in [5.41, 5.74) is 15.7. The molecule has 2 aromatic heterocycles. The van der Waals surface area contributed by atoms with E-state index in [0.29, 0.717) is 22.5 Å². The molecule has 4 rings (SSSR count). The van der Waals surface area contributed by atoms with Gasteiger partial charge in [0.25, 0.3) is 5.92 Å². The van der Waals surface area contributed by atoms with E-state index in [4.69, 9.17) is 11.5 Å². The molecule has 3 heterocycles. The highest BCUT2D eigenvalue weighted by Crippen LogP contribution is 2.27. The average molecular weight is 439 g/mol. The Morgan fingerprint density at radius 3 is 2.81 bits per heavy atom. The van der Waals surface area contributed by atoms with Crippen LogP contribution < -0.4 is 11.5 Å². The van der Waals surface area contributed by atoms with Crippen molar-refractivity contribution in [2.45, 2.75) is 25.3 Å². The minimum atomic E-state index is -2.84. The van der Waals surface area contributed by atoms with Gasteiger partial charge in [0.05, 0.1) is 24.6 Å². The Labute approximate surface area is 183 Å². The topological polar surface area (TPSA) is 115 Å². The zero-order valence-corrected chi connectivity index (χ0v) is 17.4. The number of halogens is 2. The fourth-order valence-corrected chi connectivity index (χ4v) is 3.59. The molecule has 166 valence electrons. The maximum atomic E-state index is 13.4. The molecule has 1 aliphatic heterocycles. The number of rotatable bonds is 5. The SMILES string of the molecule is CC(N=CC(=CN)c1cnn2c(-c3cccc(N)c3)cnc2c1)C(=O)N1CCC(F)(F)C1. The van der Waals surface area contributed by atoms with Gasteiger partial charge in [-0.15, -0.1) is 0 Å². The molecule has 1 unspecified atom stereocenters. The minimum absolute atomic E-state index is 0.0289. The van der Waals surface area contributed by atoms with Gasteiger partial charge in [-0.05, 0) is 25.1 Å². The molecule has 0 spiro atoms. The van der Waals surface area contributed by atoms with Crippen LogP contribution in [0.25, 0.3) is 22.5 Å². The fourth-order valence-electron chi connectivity index (χ4n) is 3.59. The van der Waals surface area contributed by atoms with Gasteiger partial charge in [-0.1, -0.05) is 12.1 Å². The van der Waals surface area contributed by atoms with Crippen LogP contribution in [0.1, 0.15) is 18.9 Å². The Morgan fingerprint density at radius 1 is 1.31 bits per heavy atom. The summed E-state index contributed by atoms with van der Waals surface area (Å²) in [6.07, 6.45) is 5.79. The van der Waals surface area contributed by atoms with Crippen LogP contribution in [0.5, 0.6) is 0 Å². The predicted octanol–water partition coefficient (Wildman–Crippen LogP) is 2.61. The molecule has 1 fully saturated rings. The number of hydrogen-bond acceptors (Lipinski definition) is 6.